The topological polar surface area (TPSA) is 98.2 Å². The number of aromatic nitrogens is 5. The normalized spacial score (nSPS) is 13.2. The molecule has 0 spiro atoms. The zero-order valence-electron chi connectivity index (χ0n) is 21.5. The molecule has 0 bridgehead atoms. The fourth-order valence-corrected chi connectivity index (χ4v) is 4.68. The molecule has 36 heavy (non-hydrogen) atoms. The lowest BCUT2D eigenvalue weighted by atomic mass is 10.0. The van der Waals surface area contributed by atoms with Crippen LogP contribution in [0.2, 0.25) is 0 Å². The van der Waals surface area contributed by atoms with Crippen LogP contribution in [0.15, 0.2) is 41.2 Å². The number of hydrogen-bond donors (Lipinski definition) is 1. The molecule has 9 nitrogen and oxygen atoms in total. The predicted octanol–water partition coefficient (Wildman–Crippen LogP) is 4.21. The highest BCUT2D eigenvalue weighted by molar-refractivity contribution is 5.82. The maximum atomic E-state index is 13.1. The van der Waals surface area contributed by atoms with Crippen LogP contribution in [-0.2, 0) is 25.2 Å². The molecule has 0 atom stereocenters. The van der Waals surface area contributed by atoms with Gasteiger partial charge in [-0.25, -0.2) is 4.68 Å². The average Bonchev–Trinajstić information content (AvgIpc) is 3.49. The van der Waals surface area contributed by atoms with Gasteiger partial charge in [-0.3, -0.25) is 9.69 Å². The van der Waals surface area contributed by atoms with Gasteiger partial charge >= 0.3 is 0 Å². The summed E-state index contributed by atoms with van der Waals surface area (Å²) in [4.78, 5) is 18.4. The van der Waals surface area contributed by atoms with Crippen LogP contribution >= 0.6 is 0 Å². The fourth-order valence-electron chi connectivity index (χ4n) is 4.68. The summed E-state index contributed by atoms with van der Waals surface area (Å²) in [6.45, 7) is 12.2. The number of hydrogen-bond acceptors (Lipinski definition) is 7. The summed E-state index contributed by atoms with van der Waals surface area (Å²) in [7, 11) is 0. The Morgan fingerprint density at radius 1 is 1.06 bits per heavy atom. The molecule has 2 aromatic carbocycles. The van der Waals surface area contributed by atoms with E-state index in [2.05, 4.69) is 65.2 Å². The summed E-state index contributed by atoms with van der Waals surface area (Å²) in [5.41, 5.74) is 4.55. The summed E-state index contributed by atoms with van der Waals surface area (Å²) in [6.07, 6.45) is 0.885. The Bertz CT molecular complexity index is 1470. The van der Waals surface area contributed by atoms with Crippen molar-refractivity contribution in [3.8, 4) is 11.5 Å². The van der Waals surface area contributed by atoms with E-state index >= 15 is 0 Å². The van der Waals surface area contributed by atoms with Crippen molar-refractivity contribution in [1.82, 2.24) is 30.1 Å². The van der Waals surface area contributed by atoms with Gasteiger partial charge in [0.2, 0.25) is 6.79 Å². The van der Waals surface area contributed by atoms with Crippen molar-refractivity contribution in [3.63, 3.8) is 0 Å². The molecular formula is C27H32N6O3. The van der Waals surface area contributed by atoms with Gasteiger partial charge in [0.05, 0.1) is 17.6 Å². The lowest BCUT2D eigenvalue weighted by molar-refractivity contribution is 0.174. The third kappa shape index (κ3) is 4.70. The molecule has 1 aliphatic heterocycles. The molecule has 0 radical (unpaired) electrons. The zero-order valence-corrected chi connectivity index (χ0v) is 21.5. The first-order chi connectivity index (χ1) is 17.2. The Hall–Kier alpha value is -3.72. The molecule has 3 heterocycles. The number of rotatable bonds is 8. The molecule has 5 rings (SSSR count). The van der Waals surface area contributed by atoms with Crippen LogP contribution in [0.25, 0.3) is 10.9 Å². The average molecular weight is 489 g/mol. The van der Waals surface area contributed by atoms with Crippen LogP contribution in [0.3, 0.4) is 0 Å². The number of nitrogens with one attached hydrogen (secondary N) is 1. The Morgan fingerprint density at radius 3 is 2.67 bits per heavy atom. The molecule has 0 aliphatic carbocycles. The van der Waals surface area contributed by atoms with E-state index in [9.17, 15) is 4.79 Å². The van der Waals surface area contributed by atoms with E-state index in [0.717, 1.165) is 51.3 Å². The van der Waals surface area contributed by atoms with Crippen molar-refractivity contribution < 1.29 is 9.47 Å². The van der Waals surface area contributed by atoms with Gasteiger partial charge in [-0.15, -0.1) is 5.10 Å². The van der Waals surface area contributed by atoms with Gasteiger partial charge in [0.15, 0.2) is 17.3 Å². The largest absolute Gasteiger partial charge is 0.454 e. The van der Waals surface area contributed by atoms with Gasteiger partial charge in [0.25, 0.3) is 5.56 Å². The van der Waals surface area contributed by atoms with E-state index in [-0.39, 0.29) is 17.9 Å². The maximum Gasteiger partial charge on any atom is 0.252 e. The van der Waals surface area contributed by atoms with Gasteiger partial charge in [-0.2, -0.15) is 0 Å². The van der Waals surface area contributed by atoms with E-state index in [1.165, 1.54) is 0 Å². The molecule has 0 unspecified atom stereocenters. The number of ether oxygens (including phenoxy) is 2. The first-order valence-corrected chi connectivity index (χ1v) is 12.3. The second-order valence-electron chi connectivity index (χ2n) is 10.2. The standard InChI is InChI=1S/C27H32N6O3/c1-6-27(4,5)33-24(29-30-31-33)15-32(13-19-7-8-22-23(11-19)36-16-35-22)14-21-12-20-10-17(2)9-18(3)25(20)28-26(21)34/h7-12H,6,13-16H2,1-5H3,(H,28,34). The van der Waals surface area contributed by atoms with E-state index < -0.39 is 0 Å². The minimum atomic E-state index is -0.223. The minimum absolute atomic E-state index is 0.0846. The van der Waals surface area contributed by atoms with Gasteiger partial charge in [-0.05, 0) is 85.3 Å². The van der Waals surface area contributed by atoms with Crippen LogP contribution in [0, 0.1) is 13.8 Å². The predicted molar refractivity (Wildman–Crippen MR) is 137 cm³/mol. The van der Waals surface area contributed by atoms with E-state index in [0.29, 0.717) is 25.2 Å². The number of aryl methyl sites for hydroxylation is 2. The number of tetrazole rings is 1. The van der Waals surface area contributed by atoms with Crippen LogP contribution in [-0.4, -0.2) is 36.9 Å². The van der Waals surface area contributed by atoms with Crippen LogP contribution in [0.5, 0.6) is 11.5 Å². The molecule has 0 saturated heterocycles. The van der Waals surface area contributed by atoms with E-state index in [1.807, 2.05) is 35.9 Å². The van der Waals surface area contributed by atoms with Gasteiger partial charge < -0.3 is 14.5 Å². The molecule has 188 valence electrons. The second-order valence-corrected chi connectivity index (χ2v) is 10.2. The van der Waals surface area contributed by atoms with Crippen LogP contribution < -0.4 is 15.0 Å². The number of fused-ring (bicyclic) bond motifs is 2. The van der Waals surface area contributed by atoms with Crippen molar-refractivity contribution in [2.24, 2.45) is 0 Å². The summed E-state index contributed by atoms with van der Waals surface area (Å²) < 4.78 is 12.9. The summed E-state index contributed by atoms with van der Waals surface area (Å²) in [5, 5.41) is 13.6. The molecule has 0 fully saturated rings. The van der Waals surface area contributed by atoms with Crippen molar-refractivity contribution in [1.29, 1.82) is 0 Å². The van der Waals surface area contributed by atoms with Crippen molar-refractivity contribution in [2.75, 3.05) is 6.79 Å². The first kappa shape index (κ1) is 24.0. The first-order valence-electron chi connectivity index (χ1n) is 12.3. The Labute approximate surface area is 210 Å². The van der Waals surface area contributed by atoms with Gasteiger partial charge in [0.1, 0.15) is 0 Å². The second kappa shape index (κ2) is 9.39. The maximum absolute atomic E-state index is 13.1. The Kier molecular flexibility index (Phi) is 6.26. The number of aromatic amines is 1. The summed E-state index contributed by atoms with van der Waals surface area (Å²) in [6, 6.07) is 12.1. The highest BCUT2D eigenvalue weighted by Crippen LogP contribution is 2.33. The van der Waals surface area contributed by atoms with Crippen LogP contribution in [0.1, 0.15) is 55.3 Å². The SMILES string of the molecule is CCC(C)(C)n1nnnc1CN(Cc1ccc2c(c1)OCO2)Cc1cc2cc(C)cc(C)c2[nH]c1=O. The Balaban J connectivity index is 1.50. The molecule has 0 amide bonds. The van der Waals surface area contributed by atoms with Gasteiger partial charge in [0, 0.05) is 18.7 Å². The zero-order chi connectivity index (χ0) is 25.4. The van der Waals surface area contributed by atoms with Crippen LogP contribution in [0.4, 0.5) is 0 Å². The molecule has 1 aliphatic rings. The number of H-pyrrole nitrogens is 1. The van der Waals surface area contributed by atoms with Gasteiger partial charge in [-0.1, -0.05) is 24.6 Å². The smallest absolute Gasteiger partial charge is 0.252 e. The third-order valence-corrected chi connectivity index (χ3v) is 6.95. The Morgan fingerprint density at radius 2 is 1.86 bits per heavy atom. The minimum Gasteiger partial charge on any atom is -0.454 e. The molecule has 4 aromatic rings. The highest BCUT2D eigenvalue weighted by Gasteiger charge is 2.25. The fraction of sp³-hybridized carbons (Fsp3) is 0.407. The lowest BCUT2D eigenvalue weighted by Gasteiger charge is -2.27. The number of benzene rings is 2. The molecule has 2 aromatic heterocycles. The number of nitrogens with zero attached hydrogens (tertiary/aromatic N) is 5. The number of pyridine rings is 1. The quantitative estimate of drug-likeness (QED) is 0.397. The molecular weight excluding hydrogens is 456 g/mol. The van der Waals surface area contributed by atoms with Crippen molar-refractivity contribution in [2.45, 2.75) is 66.2 Å². The summed E-state index contributed by atoms with van der Waals surface area (Å²) in [5.74, 6) is 2.24. The summed E-state index contributed by atoms with van der Waals surface area (Å²) >= 11 is 0. The lowest BCUT2D eigenvalue weighted by Crippen LogP contribution is -2.32. The molecule has 1 N–H and O–H groups in total. The van der Waals surface area contributed by atoms with Crippen molar-refractivity contribution in [3.05, 3.63) is 74.8 Å². The molecule has 9 heteroatoms. The monoisotopic (exact) mass is 488 g/mol. The highest BCUT2D eigenvalue weighted by atomic mass is 16.7. The van der Waals surface area contributed by atoms with Crippen molar-refractivity contribution >= 4 is 10.9 Å². The van der Waals surface area contributed by atoms with E-state index in [1.54, 1.807) is 0 Å². The molecule has 0 saturated carbocycles. The third-order valence-electron chi connectivity index (χ3n) is 6.95. The van der Waals surface area contributed by atoms with E-state index in [4.69, 9.17) is 9.47 Å².